The first-order chi connectivity index (χ1) is 11.6. The number of hydrogen-bond acceptors (Lipinski definition) is 3. The zero-order valence-corrected chi connectivity index (χ0v) is 13.6. The standard InChI is InChI=1S/C18H16ClN3O2/c19-15-8-6-13(7-9-15)11-20-21-18(24)14-10-17(23)22(12-14)16-4-2-1-3-5-16/h1-9,11,14H,10,12H2,(H,21,24)/b20-11-/t14-/m1/s1. The lowest BCUT2D eigenvalue weighted by atomic mass is 10.1. The van der Waals surface area contributed by atoms with Crippen molar-refractivity contribution in [2.45, 2.75) is 6.42 Å². The van der Waals surface area contributed by atoms with E-state index >= 15 is 0 Å². The molecule has 0 aromatic heterocycles. The summed E-state index contributed by atoms with van der Waals surface area (Å²) in [4.78, 5) is 25.9. The number of amides is 2. The van der Waals surface area contributed by atoms with Gasteiger partial charge in [0.2, 0.25) is 11.8 Å². The summed E-state index contributed by atoms with van der Waals surface area (Å²) in [6.07, 6.45) is 1.73. The predicted molar refractivity (Wildman–Crippen MR) is 94.1 cm³/mol. The molecule has 0 radical (unpaired) electrons. The van der Waals surface area contributed by atoms with Gasteiger partial charge in [0, 0.05) is 23.7 Å². The van der Waals surface area contributed by atoms with E-state index in [0.29, 0.717) is 11.6 Å². The van der Waals surface area contributed by atoms with Crippen LogP contribution >= 0.6 is 11.6 Å². The predicted octanol–water partition coefficient (Wildman–Crippen LogP) is 2.84. The van der Waals surface area contributed by atoms with Crippen LogP contribution in [0.2, 0.25) is 5.02 Å². The van der Waals surface area contributed by atoms with Crippen molar-refractivity contribution in [3.8, 4) is 0 Å². The van der Waals surface area contributed by atoms with Gasteiger partial charge in [0.25, 0.3) is 0 Å². The number of nitrogens with one attached hydrogen (secondary N) is 1. The molecule has 0 aliphatic carbocycles. The van der Waals surface area contributed by atoms with Crippen LogP contribution in [-0.2, 0) is 9.59 Å². The third kappa shape index (κ3) is 3.81. The summed E-state index contributed by atoms with van der Waals surface area (Å²) in [6.45, 7) is 0.366. The van der Waals surface area contributed by atoms with Gasteiger partial charge in [-0.25, -0.2) is 5.43 Å². The summed E-state index contributed by atoms with van der Waals surface area (Å²) in [7, 11) is 0. The molecule has 0 unspecified atom stereocenters. The highest BCUT2D eigenvalue weighted by molar-refractivity contribution is 6.30. The molecule has 0 saturated carbocycles. The maximum absolute atomic E-state index is 12.2. The molecule has 0 spiro atoms. The van der Waals surface area contributed by atoms with Crippen molar-refractivity contribution in [3.05, 3.63) is 65.2 Å². The average molecular weight is 342 g/mol. The highest BCUT2D eigenvalue weighted by Crippen LogP contribution is 2.24. The number of para-hydroxylation sites is 1. The second kappa shape index (κ2) is 7.27. The molecule has 1 aliphatic heterocycles. The minimum absolute atomic E-state index is 0.0527. The minimum Gasteiger partial charge on any atom is -0.312 e. The highest BCUT2D eigenvalue weighted by atomic mass is 35.5. The van der Waals surface area contributed by atoms with Crippen LogP contribution in [0.3, 0.4) is 0 Å². The van der Waals surface area contributed by atoms with E-state index in [9.17, 15) is 9.59 Å². The Kier molecular flexibility index (Phi) is 4.91. The van der Waals surface area contributed by atoms with Gasteiger partial charge < -0.3 is 4.90 Å². The largest absolute Gasteiger partial charge is 0.312 e. The zero-order chi connectivity index (χ0) is 16.9. The number of benzene rings is 2. The van der Waals surface area contributed by atoms with E-state index in [2.05, 4.69) is 10.5 Å². The smallest absolute Gasteiger partial charge is 0.245 e. The van der Waals surface area contributed by atoms with Crippen LogP contribution in [0.15, 0.2) is 59.7 Å². The molecule has 2 aromatic rings. The third-order valence-electron chi connectivity index (χ3n) is 3.82. The van der Waals surface area contributed by atoms with Crippen molar-refractivity contribution in [1.29, 1.82) is 0 Å². The second-order valence-corrected chi connectivity index (χ2v) is 5.96. The van der Waals surface area contributed by atoms with E-state index < -0.39 is 5.92 Å². The normalized spacial score (nSPS) is 17.5. The lowest BCUT2D eigenvalue weighted by Gasteiger charge is -2.16. The van der Waals surface area contributed by atoms with E-state index in [1.165, 1.54) is 0 Å². The van der Waals surface area contributed by atoms with E-state index in [1.54, 1.807) is 35.4 Å². The number of anilines is 1. The molecular weight excluding hydrogens is 326 g/mol. The van der Waals surface area contributed by atoms with Crippen molar-refractivity contribution < 1.29 is 9.59 Å². The van der Waals surface area contributed by atoms with Gasteiger partial charge in [-0.1, -0.05) is 41.9 Å². The zero-order valence-electron chi connectivity index (χ0n) is 12.9. The first-order valence-electron chi connectivity index (χ1n) is 7.57. The first kappa shape index (κ1) is 16.2. The molecular formula is C18H16ClN3O2. The van der Waals surface area contributed by atoms with Crippen LogP contribution in [0.4, 0.5) is 5.69 Å². The van der Waals surface area contributed by atoms with Crippen LogP contribution in [-0.4, -0.2) is 24.6 Å². The summed E-state index contributed by atoms with van der Waals surface area (Å²) in [5.41, 5.74) is 4.13. The topological polar surface area (TPSA) is 61.8 Å². The molecule has 1 fully saturated rings. The fraction of sp³-hybridized carbons (Fsp3) is 0.167. The Morgan fingerprint density at radius 1 is 1.17 bits per heavy atom. The fourth-order valence-corrected chi connectivity index (χ4v) is 2.68. The molecule has 3 rings (SSSR count). The molecule has 0 bridgehead atoms. The Labute approximate surface area is 144 Å². The number of rotatable bonds is 4. The second-order valence-electron chi connectivity index (χ2n) is 5.53. The van der Waals surface area contributed by atoms with Crippen molar-refractivity contribution in [3.63, 3.8) is 0 Å². The van der Waals surface area contributed by atoms with Crippen LogP contribution < -0.4 is 10.3 Å². The molecule has 2 amide bonds. The number of halogens is 1. The molecule has 1 saturated heterocycles. The SMILES string of the molecule is O=C(N/N=C\c1ccc(Cl)cc1)[C@@H]1CC(=O)N(c2ccccc2)C1. The molecule has 1 heterocycles. The molecule has 1 atom stereocenters. The van der Waals surface area contributed by atoms with Gasteiger partial charge in [-0.15, -0.1) is 0 Å². The molecule has 1 N–H and O–H groups in total. The molecule has 6 heteroatoms. The number of carbonyl (C=O) groups excluding carboxylic acids is 2. The molecule has 1 aliphatic rings. The van der Waals surface area contributed by atoms with Gasteiger partial charge in [0.1, 0.15) is 0 Å². The highest BCUT2D eigenvalue weighted by Gasteiger charge is 2.34. The number of carbonyl (C=O) groups is 2. The molecule has 5 nitrogen and oxygen atoms in total. The maximum atomic E-state index is 12.2. The van der Waals surface area contributed by atoms with Crippen LogP contribution in [0.25, 0.3) is 0 Å². The van der Waals surface area contributed by atoms with Gasteiger partial charge in [-0.3, -0.25) is 9.59 Å². The van der Waals surface area contributed by atoms with Crippen molar-refractivity contribution in [1.82, 2.24) is 5.43 Å². The maximum Gasteiger partial charge on any atom is 0.245 e. The van der Waals surface area contributed by atoms with E-state index in [4.69, 9.17) is 11.6 Å². The van der Waals surface area contributed by atoms with Gasteiger partial charge in [0.15, 0.2) is 0 Å². The van der Waals surface area contributed by atoms with Crippen molar-refractivity contribution in [2.75, 3.05) is 11.4 Å². The molecule has 24 heavy (non-hydrogen) atoms. The number of hydrazone groups is 1. The minimum atomic E-state index is -0.403. The summed E-state index contributed by atoms with van der Waals surface area (Å²) in [6, 6.07) is 16.4. The lowest BCUT2D eigenvalue weighted by molar-refractivity contribution is -0.126. The summed E-state index contributed by atoms with van der Waals surface area (Å²) >= 11 is 5.81. The van der Waals surface area contributed by atoms with Crippen LogP contribution in [0.5, 0.6) is 0 Å². The monoisotopic (exact) mass is 341 g/mol. The Hall–Kier alpha value is -2.66. The molecule has 122 valence electrons. The first-order valence-corrected chi connectivity index (χ1v) is 7.95. The number of nitrogens with zero attached hydrogens (tertiary/aromatic N) is 2. The Morgan fingerprint density at radius 2 is 1.88 bits per heavy atom. The summed E-state index contributed by atoms with van der Waals surface area (Å²) < 4.78 is 0. The van der Waals surface area contributed by atoms with Crippen molar-refractivity contribution >= 4 is 35.3 Å². The third-order valence-corrected chi connectivity index (χ3v) is 4.07. The quantitative estimate of drug-likeness (QED) is 0.686. The van der Waals surface area contributed by atoms with Gasteiger partial charge >= 0.3 is 0 Å². The van der Waals surface area contributed by atoms with Crippen molar-refractivity contribution in [2.24, 2.45) is 11.0 Å². The Bertz CT molecular complexity index is 760. The summed E-state index contributed by atoms with van der Waals surface area (Å²) in [5.74, 6) is -0.713. The Morgan fingerprint density at radius 3 is 2.58 bits per heavy atom. The van der Waals surface area contributed by atoms with Gasteiger partial charge in [0.05, 0.1) is 12.1 Å². The van der Waals surface area contributed by atoms with Crippen LogP contribution in [0.1, 0.15) is 12.0 Å². The average Bonchev–Trinajstić information content (AvgIpc) is 2.99. The van der Waals surface area contributed by atoms with Crippen LogP contribution in [0, 0.1) is 5.92 Å². The van der Waals surface area contributed by atoms with Gasteiger partial charge in [-0.2, -0.15) is 5.10 Å². The number of hydrogen-bond donors (Lipinski definition) is 1. The molecule has 2 aromatic carbocycles. The van der Waals surface area contributed by atoms with E-state index in [0.717, 1.165) is 11.3 Å². The lowest BCUT2D eigenvalue weighted by Crippen LogP contribution is -2.30. The summed E-state index contributed by atoms with van der Waals surface area (Å²) in [5, 5.41) is 4.58. The Balaban J connectivity index is 1.58. The van der Waals surface area contributed by atoms with E-state index in [-0.39, 0.29) is 18.2 Å². The van der Waals surface area contributed by atoms with Gasteiger partial charge in [-0.05, 0) is 29.8 Å². The van der Waals surface area contributed by atoms with E-state index in [1.807, 2.05) is 30.3 Å². The fourth-order valence-electron chi connectivity index (χ4n) is 2.55.